The number of benzene rings is 2. The van der Waals surface area contributed by atoms with Crippen molar-refractivity contribution in [2.45, 2.75) is 32.4 Å². The predicted octanol–water partition coefficient (Wildman–Crippen LogP) is 2.87. The molecule has 1 fully saturated rings. The lowest BCUT2D eigenvalue weighted by atomic mass is 9.96. The van der Waals surface area contributed by atoms with Crippen molar-refractivity contribution in [2.75, 3.05) is 85.6 Å². The Morgan fingerprint density at radius 1 is 1.03 bits per heavy atom. The van der Waals surface area contributed by atoms with Gasteiger partial charge in [-0.05, 0) is 67.2 Å². The predicted molar refractivity (Wildman–Crippen MR) is 225 cm³/mol. The lowest BCUT2D eigenvalue weighted by molar-refractivity contribution is -0.125. The van der Waals surface area contributed by atoms with Gasteiger partial charge in [0, 0.05) is 114 Å². The number of piperazine rings is 1. The molecule has 16 heteroatoms. The van der Waals surface area contributed by atoms with Gasteiger partial charge in [0.2, 0.25) is 5.91 Å². The molecule has 4 aromatic rings. The zero-order valence-corrected chi connectivity index (χ0v) is 34.7. The van der Waals surface area contributed by atoms with Crippen molar-refractivity contribution in [1.29, 1.82) is 0 Å². The Morgan fingerprint density at radius 3 is 2.42 bits per heavy atom. The maximum atomic E-state index is 13.3. The van der Waals surface area contributed by atoms with Crippen LogP contribution in [0.15, 0.2) is 59.8 Å². The fourth-order valence-electron chi connectivity index (χ4n) is 7.23. The molecule has 1 aliphatic heterocycles. The Bertz CT molecular complexity index is 2150. The number of aryl methyl sites for hydroxylation is 2. The summed E-state index contributed by atoms with van der Waals surface area (Å²) >= 11 is 0. The van der Waals surface area contributed by atoms with Crippen molar-refractivity contribution < 1.29 is 38.6 Å². The van der Waals surface area contributed by atoms with Gasteiger partial charge in [0.05, 0.1) is 31.3 Å². The number of methoxy groups -OCH3 is 1. The zero-order chi connectivity index (χ0) is 43.1. The summed E-state index contributed by atoms with van der Waals surface area (Å²) in [5, 5.41) is 10.9. The molecular weight excluding hydrogens is 759 g/mol. The highest BCUT2D eigenvalue weighted by atomic mass is 16.5. The van der Waals surface area contributed by atoms with E-state index in [-0.39, 0.29) is 41.9 Å². The molecule has 2 amide bonds. The van der Waals surface area contributed by atoms with E-state index in [1.54, 1.807) is 43.3 Å². The number of hydrogen-bond donors (Lipinski definition) is 2. The number of aldehydes is 2. The molecule has 16 nitrogen and oxygen atoms in total. The molecule has 1 saturated heterocycles. The molecule has 3 heterocycles. The van der Waals surface area contributed by atoms with E-state index in [2.05, 4.69) is 45.0 Å². The van der Waals surface area contributed by atoms with Gasteiger partial charge in [0.1, 0.15) is 18.1 Å². The first kappa shape index (κ1) is 45.7. The second-order valence-electron chi connectivity index (χ2n) is 14.3. The number of hydrogen-bond acceptors (Lipinski definition) is 12. The molecule has 2 aromatic heterocycles. The number of likely N-dealkylation sites (N-methyl/N-ethyl adjacent to an activating group) is 3. The number of carbonyl (C=O) groups is 5. The number of ether oxygens (including phenoxy) is 2. The number of anilines is 1. The number of aromatic nitrogens is 2. The van der Waals surface area contributed by atoms with Gasteiger partial charge in [0.25, 0.3) is 17.9 Å². The minimum atomic E-state index is -0.826. The van der Waals surface area contributed by atoms with Crippen molar-refractivity contribution in [2.24, 2.45) is 7.05 Å². The maximum Gasteiger partial charge on any atom is 0.290 e. The minimum Gasteiger partial charge on any atom is -0.496 e. The molecule has 2 aromatic carbocycles. The Labute approximate surface area is 344 Å². The number of amides is 2. The minimum absolute atomic E-state index is 0.0812. The Hall–Kier alpha value is -5.97. The van der Waals surface area contributed by atoms with Crippen LogP contribution in [0, 0.1) is 6.92 Å². The summed E-state index contributed by atoms with van der Waals surface area (Å²) in [7, 11) is 8.49. The third-order valence-corrected chi connectivity index (χ3v) is 10.6. The standard InChI is InChI=1S/C42H53N7O7.CH2O2/c1-29-22-30(37-27-46(4)41(53)35-25-44-12-11-34(35)37)24-39(55-6)36(29)26-45(3)17-20-56-21-18-48-13-15-49(16-14-48)32-9-10-33(31(23-32)28-51)42(54)47(5)38(8-7-19-50)40(52)43-2;2-1-3/h9-12,19,22-25,27-28,38H,7-8,13-18,20-21,26H2,1-6H3,(H,43,52);1H,(H,2,3). The SMILES string of the molecule is CNC(=O)C(CCC=O)N(C)C(=O)c1ccc(N2CCN(CCOCCN(C)Cc3c(C)cc(-c4cn(C)c(=O)c5cnccc45)cc3OC)CC2)cc1C=O.O=CO. The van der Waals surface area contributed by atoms with E-state index in [1.807, 2.05) is 24.4 Å². The molecule has 5 rings (SSSR count). The summed E-state index contributed by atoms with van der Waals surface area (Å²) in [6.07, 6.45) is 6.90. The number of fused-ring (bicyclic) bond motifs is 1. The summed E-state index contributed by atoms with van der Waals surface area (Å²) < 4.78 is 13.5. The quantitative estimate of drug-likeness (QED) is 0.111. The maximum absolute atomic E-state index is 13.3. The first-order valence-electron chi connectivity index (χ1n) is 19.4. The normalized spacial score (nSPS) is 13.3. The molecule has 1 unspecified atom stereocenters. The summed E-state index contributed by atoms with van der Waals surface area (Å²) in [6, 6.07) is 10.4. The van der Waals surface area contributed by atoms with Gasteiger partial charge in [-0.25, -0.2) is 0 Å². The number of carboxylic acid groups (broad SMARTS) is 1. The largest absolute Gasteiger partial charge is 0.496 e. The first-order valence-corrected chi connectivity index (χ1v) is 19.4. The van der Waals surface area contributed by atoms with Crippen molar-refractivity contribution in [1.82, 2.24) is 29.6 Å². The fraction of sp³-hybridized carbons (Fsp3) is 0.419. The summed E-state index contributed by atoms with van der Waals surface area (Å²) in [4.78, 5) is 82.0. The highest BCUT2D eigenvalue weighted by Gasteiger charge is 2.28. The van der Waals surface area contributed by atoms with E-state index >= 15 is 0 Å². The van der Waals surface area contributed by atoms with Crippen LogP contribution >= 0.6 is 0 Å². The second-order valence-corrected chi connectivity index (χ2v) is 14.3. The molecule has 0 saturated carbocycles. The highest BCUT2D eigenvalue weighted by molar-refractivity contribution is 6.03. The van der Waals surface area contributed by atoms with E-state index in [9.17, 15) is 24.0 Å². The smallest absolute Gasteiger partial charge is 0.290 e. The number of pyridine rings is 2. The molecule has 0 radical (unpaired) electrons. The molecule has 0 aliphatic carbocycles. The molecule has 1 aliphatic rings. The number of nitrogens with zero attached hydrogens (tertiary/aromatic N) is 6. The van der Waals surface area contributed by atoms with Crippen molar-refractivity contribution in [3.8, 4) is 16.9 Å². The Kier molecular flexibility index (Phi) is 17.2. The summed E-state index contributed by atoms with van der Waals surface area (Å²) in [6.45, 7) is 8.44. The first-order chi connectivity index (χ1) is 28.4. The topological polar surface area (TPSA) is 184 Å². The monoisotopic (exact) mass is 813 g/mol. The van der Waals surface area contributed by atoms with Gasteiger partial charge in [-0.2, -0.15) is 0 Å². The van der Waals surface area contributed by atoms with E-state index in [0.717, 1.165) is 78.3 Å². The summed E-state index contributed by atoms with van der Waals surface area (Å²) in [5.74, 6) is -0.0320. The van der Waals surface area contributed by atoms with Crippen LogP contribution in [0.5, 0.6) is 5.75 Å². The second kappa shape index (κ2) is 22.3. The van der Waals surface area contributed by atoms with Crippen LogP contribution in [0.25, 0.3) is 21.9 Å². The van der Waals surface area contributed by atoms with Gasteiger partial charge in [-0.3, -0.25) is 38.8 Å². The van der Waals surface area contributed by atoms with Crippen molar-refractivity contribution >= 4 is 47.3 Å². The van der Waals surface area contributed by atoms with Gasteiger partial charge < -0.3 is 39.1 Å². The van der Waals surface area contributed by atoms with Crippen LogP contribution < -0.4 is 20.5 Å². The van der Waals surface area contributed by atoms with E-state index in [0.29, 0.717) is 37.7 Å². The number of rotatable bonds is 18. The molecule has 0 spiro atoms. The van der Waals surface area contributed by atoms with Crippen LogP contribution in [-0.2, 0) is 32.7 Å². The summed E-state index contributed by atoms with van der Waals surface area (Å²) in [5.41, 5.74) is 5.36. The van der Waals surface area contributed by atoms with Gasteiger partial charge >= 0.3 is 0 Å². The molecule has 316 valence electrons. The van der Waals surface area contributed by atoms with Crippen LogP contribution in [-0.4, -0.2) is 147 Å². The highest BCUT2D eigenvalue weighted by Crippen LogP contribution is 2.34. The van der Waals surface area contributed by atoms with Gasteiger partial charge in [-0.1, -0.05) is 6.07 Å². The van der Waals surface area contributed by atoms with Gasteiger partial charge in [0.15, 0.2) is 6.29 Å². The average molecular weight is 814 g/mol. The van der Waals surface area contributed by atoms with E-state index < -0.39 is 11.9 Å². The van der Waals surface area contributed by atoms with Crippen molar-refractivity contribution in [3.63, 3.8) is 0 Å². The van der Waals surface area contributed by atoms with Crippen LogP contribution in [0.2, 0.25) is 0 Å². The van der Waals surface area contributed by atoms with E-state index in [4.69, 9.17) is 19.4 Å². The lowest BCUT2D eigenvalue weighted by Gasteiger charge is -2.36. The number of carbonyl (C=O) groups excluding carboxylic acids is 4. The van der Waals surface area contributed by atoms with Crippen molar-refractivity contribution in [3.05, 3.63) is 87.6 Å². The van der Waals surface area contributed by atoms with Gasteiger partial charge in [-0.15, -0.1) is 0 Å². The molecule has 59 heavy (non-hydrogen) atoms. The third-order valence-electron chi connectivity index (χ3n) is 10.6. The van der Waals surface area contributed by atoms with Crippen LogP contribution in [0.3, 0.4) is 0 Å². The Balaban J connectivity index is 0.00000248. The van der Waals surface area contributed by atoms with Crippen LogP contribution in [0.4, 0.5) is 5.69 Å². The molecule has 1 atom stereocenters. The number of nitrogens with one attached hydrogen (secondary N) is 1. The molecular formula is C43H55N7O9. The Morgan fingerprint density at radius 2 is 1.76 bits per heavy atom. The van der Waals surface area contributed by atoms with Crippen LogP contribution in [0.1, 0.15) is 44.7 Å². The zero-order valence-electron chi connectivity index (χ0n) is 34.7. The molecule has 2 N–H and O–H groups in total. The fourth-order valence-corrected chi connectivity index (χ4v) is 7.23. The third kappa shape index (κ3) is 11.6. The lowest BCUT2D eigenvalue weighted by Crippen LogP contribution is -2.47. The average Bonchev–Trinajstić information content (AvgIpc) is 3.25. The van der Waals surface area contributed by atoms with E-state index in [1.165, 1.54) is 19.0 Å². The molecule has 0 bridgehead atoms.